The summed E-state index contributed by atoms with van der Waals surface area (Å²) in [4.78, 5) is 45.3. The van der Waals surface area contributed by atoms with Crippen molar-refractivity contribution in [3.05, 3.63) is 33.4 Å². The highest BCUT2D eigenvalue weighted by Gasteiger charge is 2.28. The normalized spacial score (nSPS) is 10.8. The van der Waals surface area contributed by atoms with Crippen molar-refractivity contribution in [2.75, 3.05) is 0 Å². The molecule has 0 spiro atoms. The van der Waals surface area contributed by atoms with Gasteiger partial charge in [-0.25, -0.2) is 0 Å². The summed E-state index contributed by atoms with van der Waals surface area (Å²) in [6.07, 6.45) is 1.14. The maximum atomic E-state index is 12.0. The van der Waals surface area contributed by atoms with Crippen LogP contribution >= 0.6 is 0 Å². The molecule has 0 unspecified atom stereocenters. The van der Waals surface area contributed by atoms with Crippen LogP contribution in [0, 0.1) is 15.5 Å². The standard InChI is InChI=1S/C17H19NO7/c1-9(19)12(10(2)20)6-11-7-13(18(23)24)15(21)14(8-11)25-16(22)17(3,4)5/h6-8,21H,1-5H3. The number of carbonyl (C=O) groups excluding carboxylic acids is 3. The molecule has 0 saturated heterocycles. The molecule has 0 heterocycles. The highest BCUT2D eigenvalue weighted by molar-refractivity contribution is 6.21. The zero-order chi connectivity index (χ0) is 19.5. The van der Waals surface area contributed by atoms with Gasteiger partial charge in [0, 0.05) is 6.07 Å². The molecule has 0 saturated carbocycles. The second-order valence-corrected chi connectivity index (χ2v) is 6.45. The number of nitro groups is 1. The molecule has 0 atom stereocenters. The van der Waals surface area contributed by atoms with Gasteiger partial charge in [0.25, 0.3) is 0 Å². The lowest BCUT2D eigenvalue weighted by Gasteiger charge is -2.17. The minimum Gasteiger partial charge on any atom is -0.499 e. The maximum Gasteiger partial charge on any atom is 0.316 e. The third kappa shape index (κ3) is 4.97. The fourth-order valence-corrected chi connectivity index (χ4v) is 1.78. The average molecular weight is 349 g/mol. The van der Waals surface area contributed by atoms with Crippen LogP contribution in [-0.4, -0.2) is 27.6 Å². The molecule has 0 aliphatic rings. The fourth-order valence-electron chi connectivity index (χ4n) is 1.78. The summed E-state index contributed by atoms with van der Waals surface area (Å²) in [7, 11) is 0. The molecule has 1 rings (SSSR count). The molecule has 0 aliphatic carbocycles. The second-order valence-electron chi connectivity index (χ2n) is 6.45. The van der Waals surface area contributed by atoms with Crippen molar-refractivity contribution in [3.63, 3.8) is 0 Å². The van der Waals surface area contributed by atoms with Gasteiger partial charge in [-0.1, -0.05) is 0 Å². The number of Topliss-reactive ketones (excluding diaryl/α,β-unsaturated/α-hetero) is 2. The molecule has 1 aromatic rings. The number of nitrogens with zero attached hydrogens (tertiary/aromatic N) is 1. The number of phenols is 1. The molecule has 0 fully saturated rings. The van der Waals surface area contributed by atoms with E-state index in [1.165, 1.54) is 13.8 Å². The monoisotopic (exact) mass is 349 g/mol. The number of carbonyl (C=O) groups is 3. The molecule has 0 amide bonds. The second kappa shape index (κ2) is 7.25. The number of hydrogen-bond acceptors (Lipinski definition) is 7. The van der Waals surface area contributed by atoms with Gasteiger partial charge >= 0.3 is 11.7 Å². The number of phenolic OH excluding ortho intramolecular Hbond substituents is 1. The van der Waals surface area contributed by atoms with E-state index in [0.717, 1.165) is 18.2 Å². The first-order valence-electron chi connectivity index (χ1n) is 7.32. The lowest BCUT2D eigenvalue weighted by Crippen LogP contribution is -2.25. The molecule has 0 bridgehead atoms. The van der Waals surface area contributed by atoms with Gasteiger partial charge in [0.15, 0.2) is 17.3 Å². The Bertz CT molecular complexity index is 769. The Labute approximate surface area is 144 Å². The zero-order valence-electron chi connectivity index (χ0n) is 14.6. The number of ether oxygens (including phenoxy) is 1. The van der Waals surface area contributed by atoms with E-state index in [0.29, 0.717) is 0 Å². The molecule has 0 aromatic heterocycles. The van der Waals surface area contributed by atoms with E-state index in [1.54, 1.807) is 20.8 Å². The van der Waals surface area contributed by atoms with Gasteiger partial charge in [-0.3, -0.25) is 24.5 Å². The van der Waals surface area contributed by atoms with E-state index in [2.05, 4.69) is 0 Å². The van der Waals surface area contributed by atoms with Gasteiger partial charge in [-0.15, -0.1) is 0 Å². The quantitative estimate of drug-likeness (QED) is 0.165. The van der Waals surface area contributed by atoms with E-state index in [1.807, 2.05) is 0 Å². The molecule has 0 radical (unpaired) electrons. The van der Waals surface area contributed by atoms with Crippen molar-refractivity contribution in [1.29, 1.82) is 0 Å². The van der Waals surface area contributed by atoms with Gasteiger partial charge in [-0.2, -0.15) is 0 Å². The van der Waals surface area contributed by atoms with Gasteiger partial charge < -0.3 is 9.84 Å². The van der Waals surface area contributed by atoms with Crippen LogP contribution < -0.4 is 4.74 Å². The lowest BCUT2D eigenvalue weighted by atomic mass is 9.97. The summed E-state index contributed by atoms with van der Waals surface area (Å²) in [5.74, 6) is -2.98. The number of esters is 1. The van der Waals surface area contributed by atoms with Crippen LogP contribution in [-0.2, 0) is 14.4 Å². The van der Waals surface area contributed by atoms with Crippen molar-refractivity contribution in [2.24, 2.45) is 5.41 Å². The minimum atomic E-state index is -0.906. The number of allylic oxidation sites excluding steroid dienone is 1. The van der Waals surface area contributed by atoms with E-state index in [4.69, 9.17) is 4.74 Å². The Balaban J connectivity index is 3.54. The zero-order valence-corrected chi connectivity index (χ0v) is 14.6. The van der Waals surface area contributed by atoms with Crippen molar-refractivity contribution in [3.8, 4) is 11.5 Å². The Morgan fingerprint density at radius 3 is 2.08 bits per heavy atom. The molecule has 8 heteroatoms. The number of rotatable bonds is 5. The van der Waals surface area contributed by atoms with Crippen LogP contribution in [0.2, 0.25) is 0 Å². The number of ketones is 2. The van der Waals surface area contributed by atoms with E-state index in [9.17, 15) is 29.6 Å². The minimum absolute atomic E-state index is 0.0709. The largest absolute Gasteiger partial charge is 0.499 e. The fraction of sp³-hybridized carbons (Fsp3) is 0.353. The Hall–Kier alpha value is -3.03. The number of nitro benzene ring substituents is 1. The molecule has 134 valence electrons. The molecule has 1 N–H and O–H groups in total. The van der Waals surface area contributed by atoms with E-state index >= 15 is 0 Å². The number of aromatic hydroxyl groups is 1. The Kier molecular flexibility index (Phi) is 5.80. The highest BCUT2D eigenvalue weighted by atomic mass is 16.6. The van der Waals surface area contributed by atoms with Crippen molar-refractivity contribution >= 4 is 29.3 Å². The molecule has 0 aliphatic heterocycles. The third-order valence-corrected chi connectivity index (χ3v) is 3.16. The third-order valence-electron chi connectivity index (χ3n) is 3.16. The summed E-state index contributed by atoms with van der Waals surface area (Å²) < 4.78 is 5.05. The van der Waals surface area contributed by atoms with Gasteiger partial charge in [0.2, 0.25) is 5.75 Å². The first-order chi connectivity index (χ1) is 11.3. The number of hydrogen-bond donors (Lipinski definition) is 1. The Morgan fingerprint density at radius 1 is 1.16 bits per heavy atom. The number of benzene rings is 1. The van der Waals surface area contributed by atoms with Gasteiger partial charge in [0.05, 0.1) is 15.9 Å². The molecule has 1 aromatic carbocycles. The SMILES string of the molecule is CC(=O)C(=Cc1cc(OC(=O)C(C)(C)C)c(O)c([N+](=O)[O-])c1)C(C)=O. The molecular weight excluding hydrogens is 330 g/mol. The Morgan fingerprint density at radius 2 is 1.68 bits per heavy atom. The molecule has 25 heavy (non-hydrogen) atoms. The van der Waals surface area contributed by atoms with Crippen LogP contribution in [0.1, 0.15) is 40.2 Å². The van der Waals surface area contributed by atoms with Crippen LogP contribution in [0.25, 0.3) is 6.08 Å². The smallest absolute Gasteiger partial charge is 0.316 e. The van der Waals surface area contributed by atoms with Crippen molar-refractivity contribution in [1.82, 2.24) is 0 Å². The van der Waals surface area contributed by atoms with Gasteiger partial charge in [0.1, 0.15) is 0 Å². The van der Waals surface area contributed by atoms with Crippen LogP contribution in [0.3, 0.4) is 0 Å². The van der Waals surface area contributed by atoms with Crippen LogP contribution in [0.4, 0.5) is 5.69 Å². The van der Waals surface area contributed by atoms with Crippen LogP contribution in [0.15, 0.2) is 17.7 Å². The average Bonchev–Trinajstić information content (AvgIpc) is 2.45. The molecule has 8 nitrogen and oxygen atoms in total. The predicted molar refractivity (Wildman–Crippen MR) is 89.2 cm³/mol. The lowest BCUT2D eigenvalue weighted by molar-refractivity contribution is -0.385. The topological polar surface area (TPSA) is 124 Å². The summed E-state index contributed by atoms with van der Waals surface area (Å²) >= 11 is 0. The van der Waals surface area contributed by atoms with E-state index in [-0.39, 0.29) is 11.1 Å². The predicted octanol–water partition coefficient (Wildman–Crippen LogP) is 2.81. The first-order valence-corrected chi connectivity index (χ1v) is 7.32. The summed E-state index contributed by atoms with van der Waals surface area (Å²) in [6.45, 7) is 7.10. The van der Waals surface area contributed by atoms with Crippen molar-refractivity contribution in [2.45, 2.75) is 34.6 Å². The first kappa shape index (κ1) is 20.0. The summed E-state index contributed by atoms with van der Waals surface area (Å²) in [5.41, 5.74) is -1.72. The summed E-state index contributed by atoms with van der Waals surface area (Å²) in [6, 6.07) is 2.13. The maximum absolute atomic E-state index is 12.0. The highest BCUT2D eigenvalue weighted by Crippen LogP contribution is 2.38. The van der Waals surface area contributed by atoms with Gasteiger partial charge in [-0.05, 0) is 52.3 Å². The molecular formula is C17H19NO7. The summed E-state index contributed by atoms with van der Waals surface area (Å²) in [5, 5.41) is 21.1. The van der Waals surface area contributed by atoms with E-state index < -0.39 is 45.1 Å². The van der Waals surface area contributed by atoms with Crippen molar-refractivity contribution < 1.29 is 29.2 Å². The van der Waals surface area contributed by atoms with Crippen LogP contribution in [0.5, 0.6) is 11.5 Å².